The summed E-state index contributed by atoms with van der Waals surface area (Å²) in [4.78, 5) is 20.8. The molecular formula is C14H13N5O. The number of ketones is 1. The first-order valence-electron chi connectivity index (χ1n) is 6.64. The van der Waals surface area contributed by atoms with Crippen molar-refractivity contribution in [2.75, 3.05) is 5.32 Å². The topological polar surface area (TPSA) is 72.7 Å². The summed E-state index contributed by atoms with van der Waals surface area (Å²) >= 11 is 0. The molecule has 2 atom stereocenters. The Bertz CT molecular complexity index is 691. The Hall–Kier alpha value is -2.50. The van der Waals surface area contributed by atoms with Crippen molar-refractivity contribution in [3.63, 3.8) is 0 Å². The Balaban J connectivity index is 1.91. The van der Waals surface area contributed by atoms with Gasteiger partial charge in [-0.15, -0.1) is 0 Å². The third-order valence-electron chi connectivity index (χ3n) is 3.87. The predicted octanol–water partition coefficient (Wildman–Crippen LogP) is 1.55. The van der Waals surface area contributed by atoms with Crippen LogP contribution in [-0.2, 0) is 4.79 Å². The first kappa shape index (κ1) is 11.3. The number of Topliss-reactive ketones (excluding diaryl/α,β-unsaturated/α-hetero) is 1. The summed E-state index contributed by atoms with van der Waals surface area (Å²) < 4.78 is 1.78. The van der Waals surface area contributed by atoms with E-state index in [1.165, 1.54) is 6.33 Å². The van der Waals surface area contributed by atoms with E-state index < -0.39 is 0 Å². The highest BCUT2D eigenvalue weighted by Gasteiger charge is 2.40. The largest absolute Gasteiger partial charge is 0.328 e. The maximum atomic E-state index is 12.4. The Kier molecular flexibility index (Phi) is 2.42. The van der Waals surface area contributed by atoms with Crippen molar-refractivity contribution in [3.05, 3.63) is 48.2 Å². The third kappa shape index (κ3) is 1.57. The molecule has 6 nitrogen and oxygen atoms in total. The van der Waals surface area contributed by atoms with E-state index in [1.807, 2.05) is 12.1 Å². The number of pyridine rings is 1. The summed E-state index contributed by atoms with van der Waals surface area (Å²) in [5, 5.41) is 7.49. The van der Waals surface area contributed by atoms with Crippen LogP contribution in [0.25, 0.3) is 0 Å². The van der Waals surface area contributed by atoms with Crippen molar-refractivity contribution < 1.29 is 4.79 Å². The molecule has 0 spiro atoms. The summed E-state index contributed by atoms with van der Waals surface area (Å²) in [6.07, 6.45) is 8.48. The van der Waals surface area contributed by atoms with Gasteiger partial charge in [0.25, 0.3) is 0 Å². The predicted molar refractivity (Wildman–Crippen MR) is 71.8 cm³/mol. The minimum absolute atomic E-state index is 0.165. The number of nitrogens with zero attached hydrogens (tertiary/aromatic N) is 4. The summed E-state index contributed by atoms with van der Waals surface area (Å²) in [6, 6.07) is 3.69. The highest BCUT2D eigenvalue weighted by molar-refractivity contribution is 5.87. The summed E-state index contributed by atoms with van der Waals surface area (Å²) in [6.45, 7) is 0. The zero-order valence-electron chi connectivity index (χ0n) is 10.7. The molecule has 0 fully saturated rings. The minimum atomic E-state index is -0.220. The molecule has 0 saturated carbocycles. The van der Waals surface area contributed by atoms with Crippen molar-refractivity contribution in [1.29, 1.82) is 0 Å². The fourth-order valence-corrected chi connectivity index (χ4v) is 3.00. The Morgan fingerprint density at radius 1 is 1.40 bits per heavy atom. The van der Waals surface area contributed by atoms with Gasteiger partial charge in [0.15, 0.2) is 0 Å². The van der Waals surface area contributed by atoms with Crippen LogP contribution in [0.4, 0.5) is 5.95 Å². The molecular weight excluding hydrogens is 254 g/mol. The molecule has 2 aromatic rings. The average molecular weight is 267 g/mol. The van der Waals surface area contributed by atoms with Gasteiger partial charge in [-0.05, 0) is 18.1 Å². The fraction of sp³-hybridized carbons (Fsp3) is 0.286. The molecule has 0 aromatic carbocycles. The molecule has 6 heteroatoms. The van der Waals surface area contributed by atoms with E-state index in [2.05, 4.69) is 26.5 Å². The van der Waals surface area contributed by atoms with Gasteiger partial charge in [0.2, 0.25) is 5.95 Å². The molecule has 2 unspecified atom stereocenters. The van der Waals surface area contributed by atoms with Gasteiger partial charge in [-0.1, -0.05) is 12.1 Å². The van der Waals surface area contributed by atoms with Crippen molar-refractivity contribution >= 4 is 11.7 Å². The van der Waals surface area contributed by atoms with Gasteiger partial charge in [-0.25, -0.2) is 4.68 Å². The SMILES string of the molecule is O=C1CCC=C2Nc3ncnn3C(c3cccnc3)C12. The quantitative estimate of drug-likeness (QED) is 0.848. The molecule has 20 heavy (non-hydrogen) atoms. The normalized spacial score (nSPS) is 24.4. The first-order valence-corrected chi connectivity index (χ1v) is 6.64. The lowest BCUT2D eigenvalue weighted by molar-refractivity contribution is -0.123. The summed E-state index contributed by atoms with van der Waals surface area (Å²) in [7, 11) is 0. The van der Waals surface area contributed by atoms with Gasteiger partial charge in [0.05, 0.1) is 12.0 Å². The Morgan fingerprint density at radius 2 is 2.35 bits per heavy atom. The molecule has 3 heterocycles. The van der Waals surface area contributed by atoms with Crippen LogP contribution in [0.2, 0.25) is 0 Å². The number of allylic oxidation sites excluding steroid dienone is 2. The van der Waals surface area contributed by atoms with Gasteiger partial charge in [-0.3, -0.25) is 9.78 Å². The number of rotatable bonds is 1. The van der Waals surface area contributed by atoms with Crippen LogP contribution < -0.4 is 5.32 Å². The molecule has 0 saturated heterocycles. The van der Waals surface area contributed by atoms with E-state index >= 15 is 0 Å². The van der Waals surface area contributed by atoms with E-state index in [-0.39, 0.29) is 17.7 Å². The van der Waals surface area contributed by atoms with E-state index in [1.54, 1.807) is 17.1 Å². The van der Waals surface area contributed by atoms with Gasteiger partial charge in [0.1, 0.15) is 12.1 Å². The number of carbonyl (C=O) groups excluding carboxylic acids is 1. The molecule has 0 radical (unpaired) electrons. The van der Waals surface area contributed by atoms with Crippen molar-refractivity contribution in [1.82, 2.24) is 19.7 Å². The van der Waals surface area contributed by atoms with Crippen LogP contribution in [0.15, 0.2) is 42.6 Å². The van der Waals surface area contributed by atoms with Crippen molar-refractivity contribution in [2.45, 2.75) is 18.9 Å². The Labute approximate surface area is 115 Å². The molecule has 2 aromatic heterocycles. The third-order valence-corrected chi connectivity index (χ3v) is 3.87. The number of carbonyl (C=O) groups is 1. The zero-order valence-corrected chi connectivity index (χ0v) is 10.7. The van der Waals surface area contributed by atoms with Crippen LogP contribution in [0.3, 0.4) is 0 Å². The number of aromatic nitrogens is 4. The van der Waals surface area contributed by atoms with Crippen LogP contribution in [0.1, 0.15) is 24.4 Å². The maximum Gasteiger partial charge on any atom is 0.226 e. The van der Waals surface area contributed by atoms with Gasteiger partial charge >= 0.3 is 0 Å². The molecule has 0 bridgehead atoms. The standard InChI is InChI=1S/C14H13N5O/c20-11-5-1-4-10-12(11)13(9-3-2-6-15-7-9)19-14(18-10)16-8-17-19/h2-4,6-8,12-13H,1,5H2,(H,16,17,18). The summed E-state index contributed by atoms with van der Waals surface area (Å²) in [5.41, 5.74) is 1.92. The Morgan fingerprint density at radius 3 is 3.20 bits per heavy atom. The monoisotopic (exact) mass is 267 g/mol. The smallest absolute Gasteiger partial charge is 0.226 e. The highest BCUT2D eigenvalue weighted by Crippen LogP contribution is 2.40. The number of hydrogen-bond acceptors (Lipinski definition) is 5. The van der Waals surface area contributed by atoms with Crippen LogP contribution in [0.5, 0.6) is 0 Å². The second kappa shape index (κ2) is 4.26. The molecule has 0 amide bonds. The fourth-order valence-electron chi connectivity index (χ4n) is 3.00. The van der Waals surface area contributed by atoms with Crippen LogP contribution in [0, 0.1) is 5.92 Å². The molecule has 1 aliphatic carbocycles. The zero-order chi connectivity index (χ0) is 13.5. The van der Waals surface area contributed by atoms with Crippen molar-refractivity contribution in [2.24, 2.45) is 5.92 Å². The number of anilines is 1. The molecule has 4 rings (SSSR count). The number of fused-ring (bicyclic) bond motifs is 2. The average Bonchev–Trinajstić information content (AvgIpc) is 2.94. The molecule has 100 valence electrons. The van der Waals surface area contributed by atoms with Gasteiger partial charge in [0, 0.05) is 24.5 Å². The van der Waals surface area contributed by atoms with Crippen LogP contribution in [-0.4, -0.2) is 25.5 Å². The van der Waals surface area contributed by atoms with E-state index in [0.29, 0.717) is 12.4 Å². The lowest BCUT2D eigenvalue weighted by Crippen LogP contribution is -2.38. The lowest BCUT2D eigenvalue weighted by atomic mass is 9.81. The minimum Gasteiger partial charge on any atom is -0.328 e. The maximum absolute atomic E-state index is 12.4. The van der Waals surface area contributed by atoms with E-state index in [9.17, 15) is 4.79 Å². The second-order valence-electron chi connectivity index (χ2n) is 5.03. The first-order chi connectivity index (χ1) is 9.84. The van der Waals surface area contributed by atoms with Crippen LogP contribution >= 0.6 is 0 Å². The second-order valence-corrected chi connectivity index (χ2v) is 5.03. The summed E-state index contributed by atoms with van der Waals surface area (Å²) in [5.74, 6) is 0.697. The van der Waals surface area contributed by atoms with E-state index in [4.69, 9.17) is 0 Å². The molecule has 1 aliphatic heterocycles. The lowest BCUT2D eigenvalue weighted by Gasteiger charge is -2.35. The van der Waals surface area contributed by atoms with E-state index in [0.717, 1.165) is 17.7 Å². The van der Waals surface area contributed by atoms with Crippen molar-refractivity contribution in [3.8, 4) is 0 Å². The number of hydrogen-bond donors (Lipinski definition) is 1. The highest BCUT2D eigenvalue weighted by atomic mass is 16.1. The van der Waals surface area contributed by atoms with Gasteiger partial charge in [-0.2, -0.15) is 10.1 Å². The molecule has 2 aliphatic rings. The van der Waals surface area contributed by atoms with Gasteiger partial charge < -0.3 is 5.32 Å². The molecule has 1 N–H and O–H groups in total. The number of nitrogens with one attached hydrogen (secondary N) is 1.